The van der Waals surface area contributed by atoms with Crippen LogP contribution in [0.5, 0.6) is 0 Å². The summed E-state index contributed by atoms with van der Waals surface area (Å²) in [5.41, 5.74) is 9.94. The first kappa shape index (κ1) is 32.9. The van der Waals surface area contributed by atoms with E-state index in [1.165, 1.54) is 9.80 Å². The summed E-state index contributed by atoms with van der Waals surface area (Å²) in [6, 6.07) is 12.5. The van der Waals surface area contributed by atoms with Crippen molar-refractivity contribution in [3.05, 3.63) is 59.7 Å². The van der Waals surface area contributed by atoms with E-state index in [0.717, 1.165) is 22.3 Å². The summed E-state index contributed by atoms with van der Waals surface area (Å²) in [5, 5.41) is 14.9. The monoisotopic (exact) mass is 633 g/mol. The van der Waals surface area contributed by atoms with Crippen LogP contribution >= 0.6 is 0 Å². The average molecular weight is 634 g/mol. The Morgan fingerprint density at radius 2 is 1.43 bits per heavy atom. The minimum Gasteiger partial charge on any atom is -0.480 e. The van der Waals surface area contributed by atoms with Crippen LogP contribution in [0.15, 0.2) is 48.5 Å². The van der Waals surface area contributed by atoms with Crippen molar-refractivity contribution in [2.24, 2.45) is 5.73 Å². The molecule has 0 unspecified atom stereocenters. The Hall–Kier alpha value is -4.45. The van der Waals surface area contributed by atoms with Crippen LogP contribution in [0, 0.1) is 0 Å². The zero-order valence-electron chi connectivity index (χ0n) is 26.2. The number of carboxylic acid groups (broad SMARTS) is 1. The Balaban J connectivity index is 1.16. The molecule has 2 fully saturated rings. The molecule has 246 valence electrons. The zero-order chi connectivity index (χ0) is 32.8. The first-order valence-electron chi connectivity index (χ1n) is 16.2. The summed E-state index contributed by atoms with van der Waals surface area (Å²) in [4.78, 5) is 67.6. The fourth-order valence-corrected chi connectivity index (χ4v) is 6.88. The number of rotatable bonds is 12. The first-order valence-corrected chi connectivity index (χ1v) is 16.2. The topological polar surface area (TPSA) is 171 Å². The zero-order valence-corrected chi connectivity index (χ0v) is 26.2. The molecule has 0 spiro atoms. The number of likely N-dealkylation sites (tertiary alicyclic amines) is 2. The molecule has 12 heteroatoms. The van der Waals surface area contributed by atoms with Gasteiger partial charge < -0.3 is 31.1 Å². The number of nitrogens with zero attached hydrogens (tertiary/aromatic N) is 2. The largest absolute Gasteiger partial charge is 0.480 e. The van der Waals surface area contributed by atoms with Crippen molar-refractivity contribution in [2.75, 3.05) is 26.2 Å². The standard InChI is InChI=1S/C34H43N5O7/c1-21(32(42)38-18-8-15-28(38)31(41)37-27(33(43)44)14-6-7-17-35)36-30(40)29-16-9-19-39(29)34(45)46-20-26-24-12-4-2-10-22(24)23-11-3-5-13-25(23)26/h2-5,10-13,21,26-29H,6-9,14-20,35H2,1H3,(H,36,40)(H,37,41)(H,43,44)/t21-,27-,28-,29-/m0/s1. The van der Waals surface area contributed by atoms with Crippen LogP contribution < -0.4 is 16.4 Å². The van der Waals surface area contributed by atoms with Crippen LogP contribution in [0.3, 0.4) is 0 Å². The van der Waals surface area contributed by atoms with Crippen molar-refractivity contribution in [1.29, 1.82) is 0 Å². The molecule has 2 heterocycles. The van der Waals surface area contributed by atoms with Gasteiger partial charge in [0.25, 0.3) is 0 Å². The second-order valence-electron chi connectivity index (χ2n) is 12.3. The molecule has 0 aromatic heterocycles. The Kier molecular flexibility index (Phi) is 10.6. The number of amides is 4. The second kappa shape index (κ2) is 14.8. The number of hydrogen-bond donors (Lipinski definition) is 4. The van der Waals surface area contributed by atoms with Crippen molar-refractivity contribution in [3.8, 4) is 11.1 Å². The molecule has 0 bridgehead atoms. The quantitative estimate of drug-likeness (QED) is 0.258. The molecule has 1 aliphatic carbocycles. The second-order valence-corrected chi connectivity index (χ2v) is 12.3. The maximum absolute atomic E-state index is 13.4. The molecule has 5 N–H and O–H groups in total. The number of fused-ring (bicyclic) bond motifs is 3. The highest BCUT2D eigenvalue weighted by Crippen LogP contribution is 2.44. The highest BCUT2D eigenvalue weighted by Gasteiger charge is 2.40. The van der Waals surface area contributed by atoms with Gasteiger partial charge in [-0.1, -0.05) is 48.5 Å². The molecule has 5 rings (SSSR count). The van der Waals surface area contributed by atoms with E-state index in [9.17, 15) is 29.1 Å². The predicted molar refractivity (Wildman–Crippen MR) is 170 cm³/mol. The van der Waals surface area contributed by atoms with Crippen LogP contribution in [-0.4, -0.2) is 95.1 Å². The fourth-order valence-electron chi connectivity index (χ4n) is 6.88. The van der Waals surface area contributed by atoms with Crippen LogP contribution in [-0.2, 0) is 23.9 Å². The highest BCUT2D eigenvalue weighted by molar-refractivity contribution is 5.95. The summed E-state index contributed by atoms with van der Waals surface area (Å²) in [5.74, 6) is -2.67. The van der Waals surface area contributed by atoms with Gasteiger partial charge in [-0.2, -0.15) is 0 Å². The Bertz CT molecular complexity index is 1420. The molecular weight excluding hydrogens is 590 g/mol. The Morgan fingerprint density at radius 1 is 0.870 bits per heavy atom. The maximum Gasteiger partial charge on any atom is 0.410 e. The number of nitrogens with one attached hydrogen (secondary N) is 2. The van der Waals surface area contributed by atoms with Crippen LogP contribution in [0.2, 0.25) is 0 Å². The lowest BCUT2D eigenvalue weighted by Crippen LogP contribution is -2.56. The molecule has 2 saturated heterocycles. The minimum absolute atomic E-state index is 0.105. The minimum atomic E-state index is -1.14. The van der Waals surface area contributed by atoms with E-state index in [2.05, 4.69) is 22.8 Å². The van der Waals surface area contributed by atoms with Crippen molar-refractivity contribution in [2.45, 2.75) is 82.0 Å². The van der Waals surface area contributed by atoms with Crippen molar-refractivity contribution in [3.63, 3.8) is 0 Å². The van der Waals surface area contributed by atoms with Gasteiger partial charge in [0.05, 0.1) is 0 Å². The summed E-state index contributed by atoms with van der Waals surface area (Å²) >= 11 is 0. The van der Waals surface area contributed by atoms with Crippen LogP contribution in [0.25, 0.3) is 11.1 Å². The van der Waals surface area contributed by atoms with Gasteiger partial charge in [0.15, 0.2) is 0 Å². The van der Waals surface area contributed by atoms with Gasteiger partial charge in [0, 0.05) is 19.0 Å². The van der Waals surface area contributed by atoms with E-state index in [1.54, 1.807) is 6.92 Å². The summed E-state index contributed by atoms with van der Waals surface area (Å²) in [7, 11) is 0. The molecule has 0 saturated carbocycles. The molecule has 2 aromatic rings. The lowest BCUT2D eigenvalue weighted by atomic mass is 9.98. The van der Waals surface area contributed by atoms with Gasteiger partial charge in [-0.3, -0.25) is 19.3 Å². The number of ether oxygens (including phenoxy) is 1. The van der Waals surface area contributed by atoms with Gasteiger partial charge in [0.1, 0.15) is 30.8 Å². The van der Waals surface area contributed by atoms with Crippen molar-refractivity contribution >= 4 is 29.8 Å². The smallest absolute Gasteiger partial charge is 0.410 e. The average Bonchev–Trinajstić information content (AvgIpc) is 3.81. The SMILES string of the molecule is C[C@H](NC(=O)[C@@H]1CCCN1C(=O)OCC1c2ccccc2-c2ccccc21)C(=O)N1CCC[C@H]1C(=O)N[C@@H](CCCCN)C(=O)O. The molecule has 46 heavy (non-hydrogen) atoms. The Labute approximate surface area is 268 Å². The predicted octanol–water partition coefficient (Wildman–Crippen LogP) is 2.59. The van der Waals surface area contributed by atoms with E-state index < -0.39 is 54.0 Å². The van der Waals surface area contributed by atoms with E-state index in [4.69, 9.17) is 10.5 Å². The number of unbranched alkanes of at least 4 members (excludes halogenated alkanes) is 1. The highest BCUT2D eigenvalue weighted by atomic mass is 16.6. The lowest BCUT2D eigenvalue weighted by molar-refractivity contribution is -0.145. The molecule has 4 amide bonds. The number of carboxylic acids is 1. The van der Waals surface area contributed by atoms with Gasteiger partial charge in [0.2, 0.25) is 17.7 Å². The number of benzene rings is 2. The molecule has 12 nitrogen and oxygen atoms in total. The van der Waals surface area contributed by atoms with Crippen molar-refractivity contribution < 1.29 is 33.8 Å². The van der Waals surface area contributed by atoms with E-state index >= 15 is 0 Å². The van der Waals surface area contributed by atoms with Gasteiger partial charge in [-0.25, -0.2) is 9.59 Å². The van der Waals surface area contributed by atoms with Crippen molar-refractivity contribution in [1.82, 2.24) is 20.4 Å². The molecule has 2 aromatic carbocycles. The molecule has 4 atom stereocenters. The van der Waals surface area contributed by atoms with E-state index in [1.807, 2.05) is 36.4 Å². The number of nitrogens with two attached hydrogens (primary N) is 1. The van der Waals surface area contributed by atoms with E-state index in [-0.39, 0.29) is 18.9 Å². The number of hydrogen-bond acceptors (Lipinski definition) is 7. The van der Waals surface area contributed by atoms with Crippen LogP contribution in [0.1, 0.15) is 68.9 Å². The fraction of sp³-hybridized carbons (Fsp3) is 0.500. The summed E-state index contributed by atoms with van der Waals surface area (Å²) < 4.78 is 5.80. The number of aliphatic carboxylic acids is 1. The number of carbonyl (C=O) groups excluding carboxylic acids is 4. The molecule has 3 aliphatic rings. The first-order chi connectivity index (χ1) is 22.2. The maximum atomic E-state index is 13.4. The van der Waals surface area contributed by atoms with Gasteiger partial charge >= 0.3 is 12.1 Å². The van der Waals surface area contributed by atoms with Gasteiger partial charge in [-0.05, 0) is 80.7 Å². The third kappa shape index (κ3) is 7.01. The lowest BCUT2D eigenvalue weighted by Gasteiger charge is -2.29. The van der Waals surface area contributed by atoms with Crippen LogP contribution in [0.4, 0.5) is 4.79 Å². The third-order valence-corrected chi connectivity index (χ3v) is 9.26. The Morgan fingerprint density at radius 3 is 2.04 bits per heavy atom. The van der Waals surface area contributed by atoms with Gasteiger partial charge in [-0.15, -0.1) is 0 Å². The molecule has 2 aliphatic heterocycles. The summed E-state index contributed by atoms with van der Waals surface area (Å²) in [6.07, 6.45) is 2.89. The molecular formula is C34H43N5O7. The normalized spacial score (nSPS) is 20.0. The molecule has 0 radical (unpaired) electrons. The van der Waals surface area contributed by atoms with E-state index in [0.29, 0.717) is 58.2 Å². The number of carbonyl (C=O) groups is 5. The summed E-state index contributed by atoms with van der Waals surface area (Å²) in [6.45, 7) is 2.80. The third-order valence-electron chi connectivity index (χ3n) is 9.26.